The van der Waals surface area contributed by atoms with Crippen molar-refractivity contribution in [3.05, 3.63) is 90.3 Å². The molecule has 0 radical (unpaired) electrons. The van der Waals surface area contributed by atoms with E-state index in [0.29, 0.717) is 29.6 Å². The molecule has 1 heterocycles. The molecule has 0 bridgehead atoms. The topological polar surface area (TPSA) is 77.2 Å². The number of benzene rings is 3. The van der Waals surface area contributed by atoms with E-state index in [1.54, 1.807) is 12.1 Å². The lowest BCUT2D eigenvalue weighted by Crippen LogP contribution is -2.12. The van der Waals surface area contributed by atoms with Gasteiger partial charge < -0.3 is 14.6 Å². The fraction of sp³-hybridized carbons (Fsp3) is 0.125. The average Bonchev–Trinajstić information content (AvgIpc) is 3.24. The summed E-state index contributed by atoms with van der Waals surface area (Å²) in [6.45, 7) is 2.00. The third-order valence-corrected chi connectivity index (χ3v) is 4.54. The van der Waals surface area contributed by atoms with Gasteiger partial charge in [-0.25, -0.2) is 0 Å². The Morgan fingerprint density at radius 1 is 0.933 bits per heavy atom. The Balaban J connectivity index is 1.29. The fourth-order valence-electron chi connectivity index (χ4n) is 2.96. The molecule has 0 unspecified atom stereocenters. The Hall–Kier alpha value is -3.93. The van der Waals surface area contributed by atoms with Crippen LogP contribution in [0, 0.1) is 6.92 Å². The van der Waals surface area contributed by atoms with E-state index in [0.717, 1.165) is 16.9 Å². The van der Waals surface area contributed by atoms with Gasteiger partial charge in [-0.05, 0) is 48.9 Å². The summed E-state index contributed by atoms with van der Waals surface area (Å²) < 4.78 is 11.0. The van der Waals surface area contributed by atoms with Crippen LogP contribution >= 0.6 is 0 Å². The Labute approximate surface area is 174 Å². The number of aromatic nitrogens is 2. The molecule has 0 aliphatic carbocycles. The highest BCUT2D eigenvalue weighted by Crippen LogP contribution is 2.23. The molecule has 0 spiro atoms. The van der Waals surface area contributed by atoms with Crippen LogP contribution < -0.4 is 10.1 Å². The normalized spacial score (nSPS) is 10.6. The number of ether oxygens (including phenoxy) is 1. The van der Waals surface area contributed by atoms with Crippen LogP contribution in [0.5, 0.6) is 11.5 Å². The zero-order chi connectivity index (χ0) is 20.8. The van der Waals surface area contributed by atoms with Crippen LogP contribution in [0.4, 0.5) is 5.69 Å². The van der Waals surface area contributed by atoms with Gasteiger partial charge in [0.05, 0.1) is 0 Å². The van der Waals surface area contributed by atoms with Gasteiger partial charge in [0.15, 0.2) is 0 Å². The molecule has 4 rings (SSSR count). The van der Waals surface area contributed by atoms with E-state index in [1.807, 2.05) is 73.7 Å². The van der Waals surface area contributed by atoms with Gasteiger partial charge in [-0.2, -0.15) is 4.98 Å². The van der Waals surface area contributed by atoms with Crippen LogP contribution in [0.1, 0.15) is 17.9 Å². The SMILES string of the molecule is Cc1ccccc1-c1noc(CCC(=O)Nc2ccc(Oc3ccccc3)cc2)n1. The Morgan fingerprint density at radius 2 is 1.63 bits per heavy atom. The second-order valence-corrected chi connectivity index (χ2v) is 6.81. The van der Waals surface area contributed by atoms with E-state index < -0.39 is 0 Å². The summed E-state index contributed by atoms with van der Waals surface area (Å²) in [7, 11) is 0. The molecule has 1 aromatic heterocycles. The first-order chi connectivity index (χ1) is 14.7. The number of anilines is 1. The first-order valence-corrected chi connectivity index (χ1v) is 9.69. The third-order valence-electron chi connectivity index (χ3n) is 4.54. The summed E-state index contributed by atoms with van der Waals surface area (Å²) in [5.41, 5.74) is 2.70. The summed E-state index contributed by atoms with van der Waals surface area (Å²) in [5, 5.41) is 6.89. The maximum absolute atomic E-state index is 12.3. The average molecular weight is 399 g/mol. The minimum absolute atomic E-state index is 0.123. The standard InChI is InChI=1S/C24H21N3O3/c1-17-7-5-6-10-21(17)24-26-23(30-27-24)16-15-22(28)25-18-11-13-20(14-12-18)29-19-8-3-2-4-9-19/h2-14H,15-16H2,1H3,(H,25,28). The van der Waals surface area contributed by atoms with Gasteiger partial charge >= 0.3 is 0 Å². The van der Waals surface area contributed by atoms with E-state index in [-0.39, 0.29) is 12.3 Å². The number of aryl methyl sites for hydroxylation is 2. The number of para-hydroxylation sites is 1. The van der Waals surface area contributed by atoms with Gasteiger partial charge in [-0.15, -0.1) is 0 Å². The largest absolute Gasteiger partial charge is 0.457 e. The summed E-state index contributed by atoms with van der Waals surface area (Å²) in [6, 6.07) is 24.6. The molecular weight excluding hydrogens is 378 g/mol. The predicted octanol–water partition coefficient (Wildman–Crippen LogP) is 5.41. The van der Waals surface area contributed by atoms with Crippen molar-refractivity contribution in [1.82, 2.24) is 10.1 Å². The lowest BCUT2D eigenvalue weighted by atomic mass is 10.1. The van der Waals surface area contributed by atoms with Crippen LogP contribution in [0.15, 0.2) is 83.4 Å². The van der Waals surface area contributed by atoms with E-state index in [9.17, 15) is 4.79 Å². The highest BCUT2D eigenvalue weighted by molar-refractivity contribution is 5.90. The maximum Gasteiger partial charge on any atom is 0.227 e. The number of rotatable bonds is 7. The van der Waals surface area contributed by atoms with Crippen molar-refractivity contribution in [3.63, 3.8) is 0 Å². The van der Waals surface area contributed by atoms with E-state index in [4.69, 9.17) is 9.26 Å². The van der Waals surface area contributed by atoms with Crippen molar-refractivity contribution in [3.8, 4) is 22.9 Å². The molecule has 150 valence electrons. The maximum atomic E-state index is 12.3. The molecule has 4 aromatic rings. The number of hydrogen-bond acceptors (Lipinski definition) is 5. The van der Waals surface area contributed by atoms with Crippen molar-refractivity contribution in [2.75, 3.05) is 5.32 Å². The van der Waals surface area contributed by atoms with Crippen LogP contribution in [-0.4, -0.2) is 16.0 Å². The van der Waals surface area contributed by atoms with Crippen molar-refractivity contribution < 1.29 is 14.1 Å². The molecule has 30 heavy (non-hydrogen) atoms. The molecule has 6 heteroatoms. The number of carbonyl (C=O) groups excluding carboxylic acids is 1. The summed E-state index contributed by atoms with van der Waals surface area (Å²) >= 11 is 0. The van der Waals surface area contributed by atoms with Crippen LogP contribution in [0.2, 0.25) is 0 Å². The van der Waals surface area contributed by atoms with Crippen molar-refractivity contribution in [1.29, 1.82) is 0 Å². The van der Waals surface area contributed by atoms with Crippen molar-refractivity contribution in [2.45, 2.75) is 19.8 Å². The van der Waals surface area contributed by atoms with Crippen LogP contribution in [0.25, 0.3) is 11.4 Å². The third kappa shape index (κ3) is 4.91. The highest BCUT2D eigenvalue weighted by Gasteiger charge is 2.12. The zero-order valence-corrected chi connectivity index (χ0v) is 16.5. The molecule has 0 aliphatic heterocycles. The van der Waals surface area contributed by atoms with E-state index in [2.05, 4.69) is 15.5 Å². The first-order valence-electron chi connectivity index (χ1n) is 9.69. The van der Waals surface area contributed by atoms with Gasteiger partial charge in [0, 0.05) is 24.1 Å². The summed E-state index contributed by atoms with van der Waals surface area (Å²) in [4.78, 5) is 16.7. The first kappa shape index (κ1) is 19.4. The smallest absolute Gasteiger partial charge is 0.227 e. The molecule has 3 aromatic carbocycles. The van der Waals surface area contributed by atoms with Gasteiger partial charge in [-0.3, -0.25) is 4.79 Å². The molecule has 6 nitrogen and oxygen atoms in total. The Bertz CT molecular complexity index is 1120. The quantitative estimate of drug-likeness (QED) is 0.450. The Morgan fingerprint density at radius 3 is 2.40 bits per heavy atom. The van der Waals surface area contributed by atoms with Crippen LogP contribution in [-0.2, 0) is 11.2 Å². The number of nitrogens with zero attached hydrogens (tertiary/aromatic N) is 2. The number of nitrogens with one attached hydrogen (secondary N) is 1. The van der Waals surface area contributed by atoms with Gasteiger partial charge in [0.25, 0.3) is 0 Å². The van der Waals surface area contributed by atoms with Gasteiger partial charge in [0.1, 0.15) is 11.5 Å². The molecule has 0 fully saturated rings. The molecule has 0 saturated heterocycles. The minimum atomic E-state index is -0.123. The number of carbonyl (C=O) groups is 1. The minimum Gasteiger partial charge on any atom is -0.457 e. The monoisotopic (exact) mass is 399 g/mol. The molecule has 1 amide bonds. The molecule has 1 N–H and O–H groups in total. The summed E-state index contributed by atoms with van der Waals surface area (Å²) in [5.74, 6) is 2.32. The fourth-order valence-corrected chi connectivity index (χ4v) is 2.96. The van der Waals surface area contributed by atoms with Gasteiger partial charge in [-0.1, -0.05) is 47.6 Å². The zero-order valence-electron chi connectivity index (χ0n) is 16.5. The highest BCUT2D eigenvalue weighted by atomic mass is 16.5. The summed E-state index contributed by atoms with van der Waals surface area (Å²) in [6.07, 6.45) is 0.623. The second kappa shape index (κ2) is 9.05. The molecular formula is C24H21N3O3. The predicted molar refractivity (Wildman–Crippen MR) is 114 cm³/mol. The second-order valence-electron chi connectivity index (χ2n) is 6.81. The van der Waals surface area contributed by atoms with E-state index >= 15 is 0 Å². The number of amides is 1. The molecule has 0 saturated carbocycles. The van der Waals surface area contributed by atoms with Gasteiger partial charge in [0.2, 0.25) is 17.6 Å². The van der Waals surface area contributed by atoms with E-state index in [1.165, 1.54) is 0 Å². The Kier molecular flexibility index (Phi) is 5.85. The molecule has 0 aliphatic rings. The lowest BCUT2D eigenvalue weighted by Gasteiger charge is -2.07. The van der Waals surface area contributed by atoms with Crippen molar-refractivity contribution >= 4 is 11.6 Å². The number of hydrogen-bond donors (Lipinski definition) is 1. The van der Waals surface area contributed by atoms with Crippen molar-refractivity contribution in [2.24, 2.45) is 0 Å². The molecule has 0 atom stereocenters. The lowest BCUT2D eigenvalue weighted by molar-refractivity contribution is -0.116. The van der Waals surface area contributed by atoms with Crippen LogP contribution in [0.3, 0.4) is 0 Å².